The minimum absolute atomic E-state index is 0.137. The van der Waals surface area contributed by atoms with Crippen molar-refractivity contribution in [3.05, 3.63) is 30.5 Å². The predicted molar refractivity (Wildman–Crippen MR) is 87.5 cm³/mol. The van der Waals surface area contributed by atoms with E-state index in [1.807, 2.05) is 12.1 Å². The van der Waals surface area contributed by atoms with E-state index in [2.05, 4.69) is 17.0 Å². The number of aliphatic imine (C=N–C) groups is 1. The van der Waals surface area contributed by atoms with E-state index in [9.17, 15) is 9.90 Å². The minimum Gasteiger partial charge on any atom is -0.463 e. The smallest absolute Gasteiger partial charge is 0.227 e. The Balaban J connectivity index is 2.10. The molecular weight excluding hydrogens is 282 g/mol. The van der Waals surface area contributed by atoms with Crippen molar-refractivity contribution in [2.75, 3.05) is 23.8 Å². The third-order valence-corrected chi connectivity index (χ3v) is 3.43. The number of benzene rings is 1. The lowest BCUT2D eigenvalue weighted by Gasteiger charge is -2.20. The predicted octanol–water partition coefficient (Wildman–Crippen LogP) is 2.16. The Bertz CT molecular complexity index is 572. The molecule has 1 atom stereocenters. The SMILES string of the molecule is C=N/C=C\CC(O)Oc1ccc(N2CCCC2=O)cc1NC. The van der Waals surface area contributed by atoms with Gasteiger partial charge in [0.05, 0.1) is 5.69 Å². The van der Waals surface area contributed by atoms with Gasteiger partial charge in [-0.1, -0.05) is 6.08 Å². The molecular formula is C16H21N3O3. The van der Waals surface area contributed by atoms with Gasteiger partial charge >= 0.3 is 0 Å². The molecule has 118 valence electrons. The van der Waals surface area contributed by atoms with Crippen molar-refractivity contribution in [3.8, 4) is 5.75 Å². The highest BCUT2D eigenvalue weighted by Crippen LogP contribution is 2.32. The molecule has 1 unspecified atom stereocenters. The first kappa shape index (κ1) is 16.0. The summed E-state index contributed by atoms with van der Waals surface area (Å²) in [5.41, 5.74) is 1.56. The van der Waals surface area contributed by atoms with Crippen LogP contribution in [0.25, 0.3) is 0 Å². The monoisotopic (exact) mass is 303 g/mol. The van der Waals surface area contributed by atoms with Crippen molar-refractivity contribution in [2.24, 2.45) is 4.99 Å². The number of carbonyl (C=O) groups is 1. The van der Waals surface area contributed by atoms with Gasteiger partial charge in [-0.05, 0) is 31.3 Å². The zero-order valence-corrected chi connectivity index (χ0v) is 12.7. The molecule has 6 heteroatoms. The number of ether oxygens (including phenoxy) is 1. The van der Waals surface area contributed by atoms with Crippen LogP contribution in [0.4, 0.5) is 11.4 Å². The van der Waals surface area contributed by atoms with E-state index in [1.54, 1.807) is 24.1 Å². The number of amides is 1. The average molecular weight is 303 g/mol. The summed E-state index contributed by atoms with van der Waals surface area (Å²) in [5.74, 6) is 0.670. The van der Waals surface area contributed by atoms with Crippen LogP contribution in [0.15, 0.2) is 35.5 Å². The third-order valence-electron chi connectivity index (χ3n) is 3.43. The first-order chi connectivity index (χ1) is 10.7. The highest BCUT2D eigenvalue weighted by Gasteiger charge is 2.22. The third kappa shape index (κ3) is 3.85. The number of carbonyl (C=O) groups excluding carboxylic acids is 1. The van der Waals surface area contributed by atoms with Crippen LogP contribution in [0.1, 0.15) is 19.3 Å². The summed E-state index contributed by atoms with van der Waals surface area (Å²) in [6.07, 6.45) is 4.00. The molecule has 1 saturated heterocycles. The maximum atomic E-state index is 11.8. The standard InChI is InChI=1S/C16H21N3O3/c1-17-9-3-6-16(21)22-14-8-7-12(11-13(14)18-2)19-10-4-5-15(19)20/h3,7-9,11,16,18,21H,1,4-6,10H2,2H3/b9-3-. The van der Waals surface area contributed by atoms with Crippen molar-refractivity contribution in [3.63, 3.8) is 0 Å². The Morgan fingerprint density at radius 1 is 1.59 bits per heavy atom. The van der Waals surface area contributed by atoms with Crippen LogP contribution in [0.3, 0.4) is 0 Å². The molecule has 1 aliphatic rings. The molecule has 0 saturated carbocycles. The maximum Gasteiger partial charge on any atom is 0.227 e. The van der Waals surface area contributed by atoms with E-state index in [-0.39, 0.29) is 5.91 Å². The van der Waals surface area contributed by atoms with Gasteiger partial charge in [0.1, 0.15) is 5.75 Å². The second-order valence-corrected chi connectivity index (χ2v) is 4.95. The summed E-state index contributed by atoms with van der Waals surface area (Å²) < 4.78 is 5.50. The largest absolute Gasteiger partial charge is 0.463 e. The molecule has 1 heterocycles. The molecule has 0 aromatic heterocycles. The average Bonchev–Trinajstić information content (AvgIpc) is 2.94. The first-order valence-electron chi connectivity index (χ1n) is 7.23. The van der Waals surface area contributed by atoms with E-state index in [4.69, 9.17) is 4.74 Å². The van der Waals surface area contributed by atoms with Crippen LogP contribution < -0.4 is 15.0 Å². The van der Waals surface area contributed by atoms with Crippen molar-refractivity contribution in [1.29, 1.82) is 0 Å². The molecule has 2 rings (SSSR count). The van der Waals surface area contributed by atoms with Gasteiger partial charge in [0.15, 0.2) is 0 Å². The van der Waals surface area contributed by atoms with Gasteiger partial charge in [-0.2, -0.15) is 0 Å². The van der Waals surface area contributed by atoms with Crippen LogP contribution in [0.2, 0.25) is 0 Å². The summed E-state index contributed by atoms with van der Waals surface area (Å²) in [7, 11) is 1.77. The quantitative estimate of drug-likeness (QED) is 0.598. The number of aliphatic hydroxyl groups excluding tert-OH is 1. The van der Waals surface area contributed by atoms with Gasteiger partial charge in [0.25, 0.3) is 0 Å². The molecule has 1 amide bonds. The first-order valence-corrected chi connectivity index (χ1v) is 7.23. The Kier molecular flexibility index (Phi) is 5.55. The molecule has 22 heavy (non-hydrogen) atoms. The summed E-state index contributed by atoms with van der Waals surface area (Å²) in [6.45, 7) is 4.06. The number of aliphatic hydroxyl groups is 1. The second kappa shape index (κ2) is 7.61. The molecule has 0 radical (unpaired) electrons. The van der Waals surface area contributed by atoms with Crippen molar-refractivity contribution in [2.45, 2.75) is 25.6 Å². The lowest BCUT2D eigenvalue weighted by Crippen LogP contribution is -2.23. The fourth-order valence-electron chi connectivity index (χ4n) is 2.35. The van der Waals surface area contributed by atoms with E-state index in [0.717, 1.165) is 24.3 Å². The molecule has 6 nitrogen and oxygen atoms in total. The maximum absolute atomic E-state index is 11.8. The number of rotatable bonds is 7. The Hall–Kier alpha value is -2.34. The highest BCUT2D eigenvalue weighted by atomic mass is 16.6. The Labute approximate surface area is 130 Å². The number of nitrogens with zero attached hydrogens (tertiary/aromatic N) is 2. The zero-order valence-electron chi connectivity index (χ0n) is 12.7. The van der Waals surface area contributed by atoms with Crippen LogP contribution in [0.5, 0.6) is 5.75 Å². The lowest BCUT2D eigenvalue weighted by molar-refractivity contribution is -0.117. The summed E-state index contributed by atoms with van der Waals surface area (Å²) in [6, 6.07) is 5.44. The normalized spacial score (nSPS) is 16.1. The number of nitrogens with one attached hydrogen (secondary N) is 1. The molecule has 1 fully saturated rings. The zero-order chi connectivity index (χ0) is 15.9. The van der Waals surface area contributed by atoms with Crippen molar-refractivity contribution < 1.29 is 14.6 Å². The van der Waals surface area contributed by atoms with Gasteiger partial charge in [-0.3, -0.25) is 9.79 Å². The fraction of sp³-hybridized carbons (Fsp3) is 0.375. The van der Waals surface area contributed by atoms with Gasteiger partial charge in [0.2, 0.25) is 12.2 Å². The number of anilines is 2. The van der Waals surface area contributed by atoms with Crippen molar-refractivity contribution >= 4 is 24.0 Å². The molecule has 0 spiro atoms. The molecule has 1 aliphatic heterocycles. The molecule has 2 N–H and O–H groups in total. The van der Waals surface area contributed by atoms with E-state index >= 15 is 0 Å². The van der Waals surface area contributed by atoms with Gasteiger partial charge in [-0.15, -0.1) is 0 Å². The van der Waals surface area contributed by atoms with E-state index in [1.165, 1.54) is 6.20 Å². The van der Waals surface area contributed by atoms with Crippen LogP contribution in [-0.4, -0.2) is 37.6 Å². The Morgan fingerprint density at radius 2 is 2.41 bits per heavy atom. The van der Waals surface area contributed by atoms with Gasteiger partial charge in [0, 0.05) is 38.3 Å². The Morgan fingerprint density at radius 3 is 3.05 bits per heavy atom. The lowest BCUT2D eigenvalue weighted by atomic mass is 10.2. The van der Waals surface area contributed by atoms with Crippen LogP contribution in [0, 0.1) is 0 Å². The minimum atomic E-state index is -0.968. The highest BCUT2D eigenvalue weighted by molar-refractivity contribution is 5.96. The molecule has 0 bridgehead atoms. The molecule has 0 aliphatic carbocycles. The summed E-state index contributed by atoms with van der Waals surface area (Å²) in [5, 5.41) is 12.9. The van der Waals surface area contributed by atoms with Gasteiger partial charge in [-0.25, -0.2) is 0 Å². The van der Waals surface area contributed by atoms with Crippen LogP contribution in [-0.2, 0) is 4.79 Å². The summed E-state index contributed by atoms with van der Waals surface area (Å²) in [4.78, 5) is 17.1. The van der Waals surface area contributed by atoms with Crippen molar-refractivity contribution in [1.82, 2.24) is 0 Å². The van der Waals surface area contributed by atoms with E-state index in [0.29, 0.717) is 18.6 Å². The fourth-order valence-corrected chi connectivity index (χ4v) is 2.35. The number of hydrogen-bond acceptors (Lipinski definition) is 5. The second-order valence-electron chi connectivity index (χ2n) is 4.95. The van der Waals surface area contributed by atoms with Gasteiger partial charge < -0.3 is 20.1 Å². The topological polar surface area (TPSA) is 74.2 Å². The van der Waals surface area contributed by atoms with E-state index < -0.39 is 6.29 Å². The molecule has 1 aromatic rings. The molecule has 1 aromatic carbocycles. The summed E-state index contributed by atoms with van der Waals surface area (Å²) >= 11 is 0. The number of hydrogen-bond donors (Lipinski definition) is 2. The van der Waals surface area contributed by atoms with Crippen LogP contribution >= 0.6 is 0 Å².